The second-order valence-corrected chi connectivity index (χ2v) is 4.62. The smallest absolute Gasteiger partial charge is 0.323 e. The van der Waals surface area contributed by atoms with Gasteiger partial charge in [-0.1, -0.05) is 0 Å². The lowest BCUT2D eigenvalue weighted by atomic mass is 10.1. The molecule has 7 nitrogen and oxygen atoms in total. The molecule has 0 aliphatic rings. The predicted octanol–water partition coefficient (Wildman–Crippen LogP) is 2.22. The zero-order valence-corrected chi connectivity index (χ0v) is 12.5. The summed E-state index contributed by atoms with van der Waals surface area (Å²) in [6.45, 7) is 0. The number of methoxy groups -OCH3 is 1. The number of nitrogens with one attached hydrogen (secondary N) is 3. The van der Waals surface area contributed by atoms with Crippen molar-refractivity contribution >= 4 is 23.3 Å². The number of rotatable bonds is 4. The van der Waals surface area contributed by atoms with Crippen LogP contribution in [0.25, 0.3) is 0 Å². The normalized spacial score (nSPS) is 10.0. The first-order chi connectivity index (χ1) is 11.4. The number of benzene rings is 2. The van der Waals surface area contributed by atoms with Crippen molar-refractivity contribution in [1.29, 1.82) is 0 Å². The molecule has 0 unspecified atom stereocenters. The minimum absolute atomic E-state index is 0.0823. The SMILES string of the molecule is COc1ccc(C(=O)NN)c(NC(=O)Nc2cc(F)cc(F)c2)c1. The molecule has 0 aliphatic heterocycles. The molecule has 126 valence electrons. The predicted molar refractivity (Wildman–Crippen MR) is 83.6 cm³/mol. The second kappa shape index (κ2) is 7.38. The number of hydrogen-bond donors (Lipinski definition) is 4. The minimum atomic E-state index is -0.838. The highest BCUT2D eigenvalue weighted by Gasteiger charge is 2.14. The summed E-state index contributed by atoms with van der Waals surface area (Å²) in [7, 11) is 1.41. The minimum Gasteiger partial charge on any atom is -0.497 e. The van der Waals surface area contributed by atoms with Crippen LogP contribution in [0.1, 0.15) is 10.4 Å². The molecule has 0 radical (unpaired) electrons. The quantitative estimate of drug-likeness (QED) is 0.390. The number of carbonyl (C=O) groups is 2. The van der Waals surface area contributed by atoms with Crippen LogP contribution in [0.2, 0.25) is 0 Å². The van der Waals surface area contributed by atoms with Crippen LogP contribution in [0.3, 0.4) is 0 Å². The largest absolute Gasteiger partial charge is 0.497 e. The summed E-state index contributed by atoms with van der Waals surface area (Å²) < 4.78 is 31.3. The zero-order valence-electron chi connectivity index (χ0n) is 12.5. The number of urea groups is 1. The molecule has 2 aromatic carbocycles. The number of anilines is 2. The van der Waals surface area contributed by atoms with Crippen LogP contribution in [-0.4, -0.2) is 19.0 Å². The molecule has 5 N–H and O–H groups in total. The number of hydrogen-bond acceptors (Lipinski definition) is 4. The molecule has 0 aliphatic carbocycles. The van der Waals surface area contributed by atoms with E-state index in [4.69, 9.17) is 10.6 Å². The van der Waals surface area contributed by atoms with Crippen molar-refractivity contribution in [3.8, 4) is 5.75 Å². The third kappa shape index (κ3) is 4.17. The van der Waals surface area contributed by atoms with Crippen molar-refractivity contribution in [2.75, 3.05) is 17.7 Å². The standard InChI is InChI=1S/C15H14F2N4O3/c1-24-11-2-3-12(14(22)21-18)13(7-11)20-15(23)19-10-5-8(16)4-9(17)6-10/h2-7H,18H2,1H3,(H,21,22)(H2,19,20,23). The molecule has 24 heavy (non-hydrogen) atoms. The number of ether oxygens (including phenoxy) is 1. The van der Waals surface area contributed by atoms with Crippen LogP contribution in [0.15, 0.2) is 36.4 Å². The van der Waals surface area contributed by atoms with Gasteiger partial charge in [-0.2, -0.15) is 0 Å². The Bertz CT molecular complexity index is 763. The lowest BCUT2D eigenvalue weighted by Gasteiger charge is -2.12. The number of amides is 3. The molecule has 2 rings (SSSR count). The molecule has 0 fully saturated rings. The monoisotopic (exact) mass is 336 g/mol. The third-order valence-electron chi connectivity index (χ3n) is 2.97. The molecule has 0 atom stereocenters. The van der Waals surface area contributed by atoms with Gasteiger partial charge in [0.1, 0.15) is 17.4 Å². The molecule has 0 saturated heterocycles. The lowest BCUT2D eigenvalue weighted by molar-refractivity contribution is 0.0954. The molecular formula is C15H14F2N4O3. The summed E-state index contributed by atoms with van der Waals surface area (Å²) in [5.74, 6) is 3.16. The van der Waals surface area contributed by atoms with Gasteiger partial charge < -0.3 is 15.4 Å². The van der Waals surface area contributed by atoms with Crippen molar-refractivity contribution < 1.29 is 23.1 Å². The van der Waals surface area contributed by atoms with Crippen molar-refractivity contribution in [3.63, 3.8) is 0 Å². The van der Waals surface area contributed by atoms with Gasteiger partial charge in [0, 0.05) is 17.8 Å². The van der Waals surface area contributed by atoms with Crippen LogP contribution in [0.4, 0.5) is 25.0 Å². The molecule has 0 spiro atoms. The van der Waals surface area contributed by atoms with E-state index in [1.165, 1.54) is 25.3 Å². The first kappa shape index (κ1) is 17.2. The number of carbonyl (C=O) groups excluding carboxylic acids is 2. The molecule has 9 heteroatoms. The first-order valence-corrected chi connectivity index (χ1v) is 6.66. The summed E-state index contributed by atoms with van der Waals surface area (Å²) in [6.07, 6.45) is 0. The molecule has 0 bridgehead atoms. The Morgan fingerprint density at radius 3 is 2.29 bits per heavy atom. The molecule has 0 aromatic heterocycles. The highest BCUT2D eigenvalue weighted by atomic mass is 19.1. The van der Waals surface area contributed by atoms with E-state index in [1.54, 1.807) is 0 Å². The van der Waals surface area contributed by atoms with E-state index in [-0.39, 0.29) is 16.9 Å². The Morgan fingerprint density at radius 1 is 1.04 bits per heavy atom. The van der Waals surface area contributed by atoms with E-state index in [9.17, 15) is 18.4 Å². The molecule has 3 amide bonds. The maximum absolute atomic E-state index is 13.1. The van der Waals surface area contributed by atoms with Gasteiger partial charge in [-0.15, -0.1) is 0 Å². The number of nitrogen functional groups attached to an aromatic ring is 1. The van der Waals surface area contributed by atoms with Crippen LogP contribution in [0, 0.1) is 11.6 Å². The summed E-state index contributed by atoms with van der Waals surface area (Å²) in [4.78, 5) is 23.7. The van der Waals surface area contributed by atoms with E-state index in [0.717, 1.165) is 12.1 Å². The lowest BCUT2D eigenvalue weighted by Crippen LogP contribution is -2.31. The number of halogens is 2. The Balaban J connectivity index is 2.22. The van der Waals surface area contributed by atoms with Gasteiger partial charge in [-0.05, 0) is 24.3 Å². The van der Waals surface area contributed by atoms with Gasteiger partial charge in [0.25, 0.3) is 5.91 Å². The van der Waals surface area contributed by atoms with Crippen LogP contribution < -0.4 is 26.6 Å². The molecule has 0 heterocycles. The fourth-order valence-electron chi connectivity index (χ4n) is 1.94. The van der Waals surface area contributed by atoms with Crippen molar-refractivity contribution in [2.45, 2.75) is 0 Å². The Hall–Kier alpha value is -3.20. The maximum Gasteiger partial charge on any atom is 0.323 e. The zero-order chi connectivity index (χ0) is 17.7. The van der Waals surface area contributed by atoms with Gasteiger partial charge >= 0.3 is 6.03 Å². The molecule has 0 saturated carbocycles. The van der Waals surface area contributed by atoms with Gasteiger partial charge in [0.05, 0.1) is 18.4 Å². The van der Waals surface area contributed by atoms with Gasteiger partial charge in [-0.25, -0.2) is 19.4 Å². The van der Waals surface area contributed by atoms with Crippen molar-refractivity contribution in [2.24, 2.45) is 5.84 Å². The fraction of sp³-hybridized carbons (Fsp3) is 0.0667. The Morgan fingerprint density at radius 2 is 1.71 bits per heavy atom. The average Bonchev–Trinajstić information content (AvgIpc) is 2.52. The summed E-state index contributed by atoms with van der Waals surface area (Å²) in [5, 5.41) is 4.66. The Labute approximate surface area is 135 Å². The van der Waals surface area contributed by atoms with E-state index < -0.39 is 23.6 Å². The molecule has 2 aromatic rings. The highest BCUT2D eigenvalue weighted by Crippen LogP contribution is 2.23. The number of hydrazine groups is 1. The summed E-state index contributed by atoms with van der Waals surface area (Å²) >= 11 is 0. The summed E-state index contributed by atoms with van der Waals surface area (Å²) in [6, 6.07) is 6.07. The topological polar surface area (TPSA) is 105 Å². The van der Waals surface area contributed by atoms with Crippen LogP contribution in [-0.2, 0) is 0 Å². The fourth-order valence-corrected chi connectivity index (χ4v) is 1.94. The van der Waals surface area contributed by atoms with Gasteiger partial charge in [0.15, 0.2) is 0 Å². The van der Waals surface area contributed by atoms with Crippen LogP contribution >= 0.6 is 0 Å². The van der Waals surface area contributed by atoms with Crippen molar-refractivity contribution in [1.82, 2.24) is 5.43 Å². The van der Waals surface area contributed by atoms with Gasteiger partial charge in [-0.3, -0.25) is 10.2 Å². The number of nitrogens with two attached hydrogens (primary N) is 1. The summed E-state index contributed by atoms with van der Waals surface area (Å²) in [5.41, 5.74) is 2.05. The van der Waals surface area contributed by atoms with Gasteiger partial charge in [0.2, 0.25) is 0 Å². The average molecular weight is 336 g/mol. The van der Waals surface area contributed by atoms with E-state index in [2.05, 4.69) is 10.6 Å². The second-order valence-electron chi connectivity index (χ2n) is 4.62. The molecular weight excluding hydrogens is 322 g/mol. The van der Waals surface area contributed by atoms with Crippen LogP contribution in [0.5, 0.6) is 5.75 Å². The van der Waals surface area contributed by atoms with Crippen molar-refractivity contribution in [3.05, 3.63) is 53.6 Å². The van der Waals surface area contributed by atoms with E-state index >= 15 is 0 Å². The van der Waals surface area contributed by atoms with E-state index in [0.29, 0.717) is 11.8 Å². The van der Waals surface area contributed by atoms with E-state index in [1.807, 2.05) is 5.43 Å². The third-order valence-corrected chi connectivity index (χ3v) is 2.97. The first-order valence-electron chi connectivity index (χ1n) is 6.66. The maximum atomic E-state index is 13.1. The highest BCUT2D eigenvalue weighted by molar-refractivity contribution is 6.06. The Kier molecular flexibility index (Phi) is 5.27.